The van der Waals surface area contributed by atoms with Crippen LogP contribution in [0.5, 0.6) is 0 Å². The van der Waals surface area contributed by atoms with Crippen molar-refractivity contribution in [1.82, 2.24) is 4.57 Å². The minimum Gasteiger partial charge on any atom is -0.468 e. The summed E-state index contributed by atoms with van der Waals surface area (Å²) >= 11 is 0. The molecule has 0 saturated carbocycles. The van der Waals surface area contributed by atoms with Crippen LogP contribution >= 0.6 is 0 Å². The number of esters is 1. The van der Waals surface area contributed by atoms with Crippen LogP contribution < -0.4 is 5.73 Å². The molecule has 0 bridgehead atoms. The predicted molar refractivity (Wildman–Crippen MR) is 55.8 cm³/mol. The number of hydrogen-bond donors (Lipinski definition) is 1. The van der Waals surface area contributed by atoms with Crippen molar-refractivity contribution in [3.05, 3.63) is 24.0 Å². The number of rotatable bonds is 1. The highest BCUT2D eigenvalue weighted by atomic mass is 16.5. The molecular formula is C10H18N2O2. The van der Waals surface area contributed by atoms with Crippen LogP contribution in [0.4, 0.5) is 0 Å². The zero-order chi connectivity index (χ0) is 11.1. The zero-order valence-corrected chi connectivity index (χ0v) is 9.15. The first kappa shape index (κ1) is 12.7. The second-order valence-electron chi connectivity index (χ2n) is 3.17. The van der Waals surface area contributed by atoms with Gasteiger partial charge in [0.1, 0.15) is 6.04 Å². The summed E-state index contributed by atoms with van der Waals surface area (Å²) in [5.74, 6) is -0.375. The van der Waals surface area contributed by atoms with Gasteiger partial charge < -0.3 is 15.0 Å². The number of aromatic nitrogens is 1. The molecule has 2 N–H and O–H groups in total. The third kappa shape index (κ3) is 5.37. The van der Waals surface area contributed by atoms with Crippen LogP contribution in [-0.2, 0) is 16.6 Å². The molecule has 1 aromatic heterocycles. The highest BCUT2D eigenvalue weighted by Crippen LogP contribution is 1.93. The van der Waals surface area contributed by atoms with E-state index in [2.05, 4.69) is 23.9 Å². The standard InChI is InChI=1S/C6H9N.C4H9NO2/c1-6-3-4-7(2)5-6;1-3(5)4(6)7-2/h3-5H,1-2H3;3H,5H2,1-2H3. The number of carbonyl (C=O) groups excluding carboxylic acids is 1. The van der Waals surface area contributed by atoms with E-state index >= 15 is 0 Å². The van der Waals surface area contributed by atoms with Gasteiger partial charge in [-0.25, -0.2) is 0 Å². The number of carbonyl (C=O) groups is 1. The summed E-state index contributed by atoms with van der Waals surface area (Å²) in [6.07, 6.45) is 4.12. The molecule has 0 aromatic carbocycles. The second kappa shape index (κ2) is 6.21. The van der Waals surface area contributed by atoms with Gasteiger partial charge in [-0.3, -0.25) is 4.79 Å². The zero-order valence-electron chi connectivity index (χ0n) is 9.15. The van der Waals surface area contributed by atoms with Crippen LogP contribution in [0.25, 0.3) is 0 Å². The molecule has 0 aliphatic rings. The van der Waals surface area contributed by atoms with Crippen molar-refractivity contribution in [3.8, 4) is 0 Å². The predicted octanol–water partition coefficient (Wildman–Crippen LogP) is 0.840. The highest BCUT2D eigenvalue weighted by Gasteiger charge is 2.03. The maximum absolute atomic E-state index is 10.2. The van der Waals surface area contributed by atoms with Gasteiger partial charge >= 0.3 is 5.97 Å². The van der Waals surface area contributed by atoms with E-state index in [9.17, 15) is 4.79 Å². The van der Waals surface area contributed by atoms with E-state index in [1.807, 2.05) is 17.8 Å². The molecule has 1 heterocycles. The number of nitrogens with zero attached hydrogens (tertiary/aromatic N) is 1. The van der Waals surface area contributed by atoms with E-state index in [4.69, 9.17) is 5.73 Å². The summed E-state index contributed by atoms with van der Waals surface area (Å²) in [7, 11) is 3.33. The van der Waals surface area contributed by atoms with Crippen LogP contribution in [0.1, 0.15) is 12.5 Å². The van der Waals surface area contributed by atoms with Crippen LogP contribution in [0.2, 0.25) is 0 Å². The molecule has 1 rings (SSSR count). The lowest BCUT2D eigenvalue weighted by Gasteiger charge is -1.98. The molecule has 4 heteroatoms. The molecule has 0 radical (unpaired) electrons. The van der Waals surface area contributed by atoms with Crippen molar-refractivity contribution in [1.29, 1.82) is 0 Å². The van der Waals surface area contributed by atoms with Crippen molar-refractivity contribution >= 4 is 5.97 Å². The van der Waals surface area contributed by atoms with Gasteiger partial charge in [-0.2, -0.15) is 0 Å². The highest BCUT2D eigenvalue weighted by molar-refractivity contribution is 5.74. The van der Waals surface area contributed by atoms with Crippen LogP contribution in [-0.4, -0.2) is 23.7 Å². The molecule has 14 heavy (non-hydrogen) atoms. The van der Waals surface area contributed by atoms with Crippen molar-refractivity contribution in [3.63, 3.8) is 0 Å². The van der Waals surface area contributed by atoms with Crippen molar-refractivity contribution in [2.45, 2.75) is 19.9 Å². The van der Waals surface area contributed by atoms with Gasteiger partial charge in [0.05, 0.1) is 7.11 Å². The first-order chi connectivity index (χ1) is 6.47. The number of ether oxygens (including phenoxy) is 1. The lowest BCUT2D eigenvalue weighted by atomic mass is 10.4. The minimum absolute atomic E-state index is 0.375. The van der Waals surface area contributed by atoms with E-state index in [0.29, 0.717) is 0 Å². The van der Waals surface area contributed by atoms with Gasteiger partial charge in [-0.15, -0.1) is 0 Å². The molecule has 1 aromatic rings. The van der Waals surface area contributed by atoms with Crippen molar-refractivity contribution in [2.75, 3.05) is 7.11 Å². The van der Waals surface area contributed by atoms with E-state index in [1.54, 1.807) is 6.92 Å². The molecular weight excluding hydrogens is 180 g/mol. The molecule has 1 unspecified atom stereocenters. The van der Waals surface area contributed by atoms with Gasteiger partial charge in [0, 0.05) is 19.4 Å². The fourth-order valence-electron chi connectivity index (χ4n) is 0.828. The van der Waals surface area contributed by atoms with Crippen LogP contribution in [0.15, 0.2) is 18.5 Å². The molecule has 4 nitrogen and oxygen atoms in total. The fourth-order valence-corrected chi connectivity index (χ4v) is 0.828. The summed E-state index contributed by atoms with van der Waals surface area (Å²) in [5.41, 5.74) is 6.39. The number of hydrogen-bond acceptors (Lipinski definition) is 3. The third-order valence-electron chi connectivity index (χ3n) is 1.55. The monoisotopic (exact) mass is 198 g/mol. The Hall–Kier alpha value is -1.29. The fraction of sp³-hybridized carbons (Fsp3) is 0.500. The maximum Gasteiger partial charge on any atom is 0.322 e. The summed E-state index contributed by atoms with van der Waals surface area (Å²) < 4.78 is 6.28. The first-order valence-electron chi connectivity index (χ1n) is 4.39. The smallest absolute Gasteiger partial charge is 0.322 e. The summed E-state index contributed by atoms with van der Waals surface area (Å²) in [6.45, 7) is 3.66. The van der Waals surface area contributed by atoms with Crippen molar-refractivity contribution < 1.29 is 9.53 Å². The van der Waals surface area contributed by atoms with Gasteiger partial charge in [0.15, 0.2) is 0 Å². The number of aryl methyl sites for hydroxylation is 2. The van der Waals surface area contributed by atoms with Crippen LogP contribution in [0.3, 0.4) is 0 Å². The maximum atomic E-state index is 10.2. The Morgan fingerprint density at radius 1 is 1.64 bits per heavy atom. The molecule has 0 aliphatic carbocycles. The summed E-state index contributed by atoms with van der Waals surface area (Å²) in [6, 6.07) is 1.59. The average molecular weight is 198 g/mol. The summed E-state index contributed by atoms with van der Waals surface area (Å²) in [4.78, 5) is 10.2. The Kier molecular flexibility index (Phi) is 5.64. The van der Waals surface area contributed by atoms with Gasteiger partial charge in [0.2, 0.25) is 0 Å². The molecule has 0 saturated heterocycles. The Morgan fingerprint density at radius 3 is 2.29 bits per heavy atom. The lowest BCUT2D eigenvalue weighted by Crippen LogP contribution is -2.27. The van der Waals surface area contributed by atoms with E-state index in [1.165, 1.54) is 12.7 Å². The topological polar surface area (TPSA) is 57.2 Å². The molecule has 1 atom stereocenters. The van der Waals surface area contributed by atoms with E-state index < -0.39 is 6.04 Å². The molecule has 0 spiro atoms. The SMILES string of the molecule is COC(=O)C(C)N.Cc1ccn(C)c1. The largest absolute Gasteiger partial charge is 0.468 e. The minimum atomic E-state index is -0.495. The normalized spacial score (nSPS) is 11.2. The second-order valence-corrected chi connectivity index (χ2v) is 3.17. The Balaban J connectivity index is 0.000000241. The van der Waals surface area contributed by atoms with E-state index in [-0.39, 0.29) is 5.97 Å². The Bertz CT molecular complexity index is 263. The van der Waals surface area contributed by atoms with E-state index in [0.717, 1.165) is 0 Å². The molecule has 0 aliphatic heterocycles. The Labute approximate surface area is 84.7 Å². The number of methoxy groups -OCH3 is 1. The molecule has 0 fully saturated rings. The van der Waals surface area contributed by atoms with Gasteiger partial charge in [-0.1, -0.05) is 0 Å². The molecule has 0 amide bonds. The van der Waals surface area contributed by atoms with Crippen molar-refractivity contribution in [2.24, 2.45) is 12.8 Å². The van der Waals surface area contributed by atoms with Gasteiger partial charge in [-0.05, 0) is 25.5 Å². The summed E-state index contributed by atoms with van der Waals surface area (Å²) in [5, 5.41) is 0. The van der Waals surface area contributed by atoms with Gasteiger partial charge in [0.25, 0.3) is 0 Å². The number of nitrogens with two attached hydrogens (primary N) is 1. The lowest BCUT2D eigenvalue weighted by molar-refractivity contribution is -0.141. The first-order valence-corrected chi connectivity index (χ1v) is 4.39. The Morgan fingerprint density at radius 2 is 2.21 bits per heavy atom. The molecule has 80 valence electrons. The quantitative estimate of drug-likeness (QED) is 0.680. The third-order valence-corrected chi connectivity index (χ3v) is 1.55. The average Bonchev–Trinajstić information content (AvgIpc) is 2.49. The van der Waals surface area contributed by atoms with Crippen LogP contribution in [0, 0.1) is 6.92 Å².